The third-order valence-electron chi connectivity index (χ3n) is 4.04. The van der Waals surface area contributed by atoms with Crippen LogP contribution in [0.5, 0.6) is 17.4 Å². The van der Waals surface area contributed by atoms with Crippen LogP contribution in [0.1, 0.15) is 12.8 Å². The molecular weight excluding hydrogens is 354 g/mol. The minimum absolute atomic E-state index is 0.261. The molecule has 1 aliphatic rings. The predicted octanol–water partition coefficient (Wildman–Crippen LogP) is 3.33. The number of fused-ring (bicyclic) bond motifs is 1. The fraction of sp³-hybridized carbons (Fsp3) is 0.222. The van der Waals surface area contributed by atoms with Crippen LogP contribution in [0.2, 0.25) is 0 Å². The molecule has 7 nitrogen and oxygen atoms in total. The van der Waals surface area contributed by atoms with Crippen molar-refractivity contribution < 1.29 is 17.9 Å². The van der Waals surface area contributed by atoms with Crippen LogP contribution in [-0.2, 0) is 10.0 Å². The maximum absolute atomic E-state index is 12.0. The molecule has 26 heavy (non-hydrogen) atoms. The Morgan fingerprint density at radius 3 is 2.54 bits per heavy atom. The molecule has 0 unspecified atom stereocenters. The van der Waals surface area contributed by atoms with E-state index in [0.717, 1.165) is 12.8 Å². The van der Waals surface area contributed by atoms with E-state index >= 15 is 0 Å². The van der Waals surface area contributed by atoms with E-state index in [2.05, 4.69) is 14.7 Å². The fourth-order valence-corrected chi connectivity index (χ4v) is 3.91. The number of anilines is 1. The van der Waals surface area contributed by atoms with Crippen molar-refractivity contribution >= 4 is 26.7 Å². The molecule has 3 aromatic rings. The van der Waals surface area contributed by atoms with Gasteiger partial charge in [0.25, 0.3) is 0 Å². The van der Waals surface area contributed by atoms with Crippen molar-refractivity contribution in [2.24, 2.45) is 0 Å². The third-order valence-corrected chi connectivity index (χ3v) is 5.91. The number of nitrogens with zero attached hydrogens (tertiary/aromatic N) is 2. The van der Waals surface area contributed by atoms with Crippen LogP contribution in [0.3, 0.4) is 0 Å². The van der Waals surface area contributed by atoms with E-state index < -0.39 is 10.0 Å². The van der Waals surface area contributed by atoms with Crippen LogP contribution in [0.4, 0.5) is 5.69 Å². The van der Waals surface area contributed by atoms with Crippen LogP contribution < -0.4 is 14.2 Å². The first-order valence-corrected chi connectivity index (χ1v) is 9.69. The highest BCUT2D eigenvalue weighted by Crippen LogP contribution is 2.32. The van der Waals surface area contributed by atoms with Gasteiger partial charge in [0.15, 0.2) is 5.75 Å². The lowest BCUT2D eigenvalue weighted by molar-refractivity contribution is 0.399. The van der Waals surface area contributed by atoms with Gasteiger partial charge < -0.3 is 9.47 Å². The van der Waals surface area contributed by atoms with Gasteiger partial charge in [0, 0.05) is 24.0 Å². The number of hydrogen-bond donors (Lipinski definition) is 1. The van der Waals surface area contributed by atoms with Gasteiger partial charge in [-0.1, -0.05) is 0 Å². The van der Waals surface area contributed by atoms with Crippen LogP contribution in [0.25, 0.3) is 11.0 Å². The molecule has 0 atom stereocenters. The summed E-state index contributed by atoms with van der Waals surface area (Å²) in [7, 11) is -1.72. The Hall–Kier alpha value is -2.87. The van der Waals surface area contributed by atoms with Gasteiger partial charge in [0.05, 0.1) is 17.9 Å². The topological polar surface area (TPSA) is 90.4 Å². The smallest absolute Gasteiger partial charge is 0.235 e. The van der Waals surface area contributed by atoms with Crippen LogP contribution in [0.15, 0.2) is 48.7 Å². The highest BCUT2D eigenvalue weighted by molar-refractivity contribution is 7.93. The van der Waals surface area contributed by atoms with Gasteiger partial charge in [-0.15, -0.1) is 0 Å². The first-order chi connectivity index (χ1) is 12.5. The summed E-state index contributed by atoms with van der Waals surface area (Å²) in [6.07, 6.45) is 3.09. The summed E-state index contributed by atoms with van der Waals surface area (Å²) in [5.74, 6) is 1.58. The van der Waals surface area contributed by atoms with Gasteiger partial charge in [-0.3, -0.25) is 9.71 Å². The molecule has 0 amide bonds. The van der Waals surface area contributed by atoms with Crippen molar-refractivity contribution in [3.63, 3.8) is 0 Å². The zero-order chi connectivity index (χ0) is 18.1. The van der Waals surface area contributed by atoms with Gasteiger partial charge in [0.2, 0.25) is 15.9 Å². The van der Waals surface area contributed by atoms with Crippen molar-refractivity contribution in [1.82, 2.24) is 9.97 Å². The summed E-state index contributed by atoms with van der Waals surface area (Å²) in [4.78, 5) is 8.64. The number of hydrogen-bond acceptors (Lipinski definition) is 6. The second-order valence-electron chi connectivity index (χ2n) is 6.00. The minimum atomic E-state index is -3.27. The molecule has 8 heteroatoms. The zero-order valence-electron chi connectivity index (χ0n) is 14.0. The molecular formula is C18H17N3O4S. The molecule has 0 radical (unpaired) electrons. The monoisotopic (exact) mass is 371 g/mol. The largest absolute Gasteiger partial charge is 0.481 e. The van der Waals surface area contributed by atoms with E-state index in [1.807, 2.05) is 6.07 Å². The van der Waals surface area contributed by atoms with Gasteiger partial charge in [-0.05, 0) is 43.2 Å². The highest BCUT2D eigenvalue weighted by Gasteiger charge is 2.35. The minimum Gasteiger partial charge on any atom is -0.481 e. The Morgan fingerprint density at radius 2 is 1.85 bits per heavy atom. The molecule has 1 fully saturated rings. The molecule has 4 rings (SSSR count). The van der Waals surface area contributed by atoms with E-state index in [1.54, 1.807) is 49.7 Å². The molecule has 2 heterocycles. The average molecular weight is 371 g/mol. The summed E-state index contributed by atoms with van der Waals surface area (Å²) in [5.41, 5.74) is 1.80. The number of aromatic nitrogens is 2. The van der Waals surface area contributed by atoms with E-state index in [9.17, 15) is 8.42 Å². The molecule has 134 valence electrons. The zero-order valence-corrected chi connectivity index (χ0v) is 14.9. The highest BCUT2D eigenvalue weighted by atomic mass is 32.2. The Bertz CT molecular complexity index is 1050. The first-order valence-electron chi connectivity index (χ1n) is 8.14. The fourth-order valence-electron chi connectivity index (χ4n) is 2.52. The number of methoxy groups -OCH3 is 1. The molecule has 1 aliphatic carbocycles. The van der Waals surface area contributed by atoms with E-state index in [0.29, 0.717) is 34.1 Å². The molecule has 0 aliphatic heterocycles. The van der Waals surface area contributed by atoms with Gasteiger partial charge in [-0.2, -0.15) is 0 Å². The van der Waals surface area contributed by atoms with Crippen molar-refractivity contribution in [3.8, 4) is 17.4 Å². The SMILES string of the molecule is COc1ccc2nccc(Oc3ccc(NS(=O)(=O)C4CC4)cc3)c2n1. The van der Waals surface area contributed by atoms with Crippen LogP contribution >= 0.6 is 0 Å². The summed E-state index contributed by atoms with van der Waals surface area (Å²) >= 11 is 0. The Balaban J connectivity index is 1.56. The molecule has 0 saturated heterocycles. The maximum atomic E-state index is 12.0. The molecule has 2 aromatic heterocycles. The average Bonchev–Trinajstić information content (AvgIpc) is 3.49. The first kappa shape index (κ1) is 16.6. The number of nitrogens with one attached hydrogen (secondary N) is 1. The molecule has 1 saturated carbocycles. The summed E-state index contributed by atoms with van der Waals surface area (Å²) in [5, 5.41) is -0.261. The summed E-state index contributed by atoms with van der Waals surface area (Å²) in [6.45, 7) is 0. The molecule has 1 N–H and O–H groups in total. The molecule has 0 spiro atoms. The lowest BCUT2D eigenvalue weighted by Crippen LogP contribution is -2.17. The number of ether oxygens (including phenoxy) is 2. The normalized spacial score (nSPS) is 14.2. The van der Waals surface area contributed by atoms with Crippen molar-refractivity contribution in [2.75, 3.05) is 11.8 Å². The lowest BCUT2D eigenvalue weighted by atomic mass is 10.3. The Kier molecular flexibility index (Phi) is 4.12. The van der Waals surface area contributed by atoms with Gasteiger partial charge in [-0.25, -0.2) is 13.4 Å². The quantitative estimate of drug-likeness (QED) is 0.715. The second-order valence-corrected chi connectivity index (χ2v) is 7.96. The standard InChI is InChI=1S/C18H17N3O4S/c1-24-17-9-8-15-18(20-17)16(10-11-19-15)25-13-4-2-12(3-5-13)21-26(22,23)14-6-7-14/h2-5,8-11,14,21H,6-7H2,1H3. The van der Waals surface area contributed by atoms with Crippen LogP contribution in [0, 0.1) is 0 Å². The summed E-state index contributed by atoms with van der Waals surface area (Å²) < 4.78 is 37.6. The maximum Gasteiger partial charge on any atom is 0.235 e. The lowest BCUT2D eigenvalue weighted by Gasteiger charge is -2.10. The van der Waals surface area contributed by atoms with Gasteiger partial charge >= 0.3 is 0 Å². The van der Waals surface area contributed by atoms with Crippen molar-refractivity contribution in [1.29, 1.82) is 0 Å². The van der Waals surface area contributed by atoms with E-state index in [1.165, 1.54) is 0 Å². The number of pyridine rings is 2. The number of benzene rings is 1. The third kappa shape index (κ3) is 3.41. The van der Waals surface area contributed by atoms with E-state index in [-0.39, 0.29) is 5.25 Å². The van der Waals surface area contributed by atoms with Crippen molar-refractivity contribution in [3.05, 3.63) is 48.7 Å². The van der Waals surface area contributed by atoms with Crippen molar-refractivity contribution in [2.45, 2.75) is 18.1 Å². The molecule has 0 bridgehead atoms. The summed E-state index contributed by atoms with van der Waals surface area (Å²) in [6, 6.07) is 12.0. The Labute approximate surface area is 151 Å². The second kappa shape index (κ2) is 6.45. The van der Waals surface area contributed by atoms with Gasteiger partial charge in [0.1, 0.15) is 11.3 Å². The predicted molar refractivity (Wildman–Crippen MR) is 98.2 cm³/mol. The number of rotatable bonds is 6. The Morgan fingerprint density at radius 1 is 1.08 bits per heavy atom. The van der Waals surface area contributed by atoms with E-state index in [4.69, 9.17) is 9.47 Å². The number of sulfonamides is 1. The van der Waals surface area contributed by atoms with Crippen LogP contribution in [-0.4, -0.2) is 30.7 Å². The molecule has 1 aromatic carbocycles.